The van der Waals surface area contributed by atoms with Gasteiger partial charge in [0.05, 0.1) is 13.5 Å². The minimum absolute atomic E-state index is 0.229. The van der Waals surface area contributed by atoms with E-state index in [2.05, 4.69) is 17.0 Å². The first-order valence-corrected chi connectivity index (χ1v) is 8.38. The Morgan fingerprint density at radius 1 is 1.14 bits per heavy atom. The monoisotopic (exact) mass is 316 g/mol. The molecule has 22 heavy (non-hydrogen) atoms. The van der Waals surface area contributed by atoms with Crippen molar-refractivity contribution in [2.24, 2.45) is 0 Å². The maximum Gasteiger partial charge on any atom is 0.227 e. The highest BCUT2D eigenvalue weighted by molar-refractivity contribution is 7.07. The molecule has 1 amide bonds. The third-order valence-corrected chi connectivity index (χ3v) is 4.74. The van der Waals surface area contributed by atoms with Crippen LogP contribution in [0.4, 0.5) is 5.69 Å². The molecule has 0 saturated carbocycles. The normalized spacial score (nSPS) is 15.0. The van der Waals surface area contributed by atoms with Crippen LogP contribution in [0.25, 0.3) is 0 Å². The number of anilines is 1. The molecule has 1 aromatic carbocycles. The number of amides is 1. The number of benzene rings is 1. The van der Waals surface area contributed by atoms with Crippen LogP contribution >= 0.6 is 11.3 Å². The van der Waals surface area contributed by atoms with Crippen molar-refractivity contribution in [3.05, 3.63) is 46.7 Å². The topological polar surface area (TPSA) is 32.8 Å². The number of nitrogens with zero attached hydrogens (tertiary/aromatic N) is 2. The predicted molar refractivity (Wildman–Crippen MR) is 89.8 cm³/mol. The molecule has 0 bridgehead atoms. The Balaban J connectivity index is 1.54. The molecule has 0 radical (unpaired) electrons. The zero-order valence-electron chi connectivity index (χ0n) is 12.7. The molecule has 5 heteroatoms. The fourth-order valence-corrected chi connectivity index (χ4v) is 3.36. The van der Waals surface area contributed by atoms with Gasteiger partial charge in [-0.05, 0) is 46.7 Å². The number of carbonyl (C=O) groups excluding carboxylic acids is 1. The molecule has 0 spiro atoms. The van der Waals surface area contributed by atoms with Gasteiger partial charge in [-0.2, -0.15) is 11.3 Å². The van der Waals surface area contributed by atoms with Crippen LogP contribution in [0.1, 0.15) is 5.56 Å². The molecule has 2 heterocycles. The first-order chi connectivity index (χ1) is 10.8. The molecule has 4 nitrogen and oxygen atoms in total. The minimum atomic E-state index is 0.229. The van der Waals surface area contributed by atoms with Crippen LogP contribution in [0.2, 0.25) is 0 Å². The predicted octanol–water partition coefficient (Wildman–Crippen LogP) is 2.65. The summed E-state index contributed by atoms with van der Waals surface area (Å²) in [5.74, 6) is 1.10. The van der Waals surface area contributed by atoms with E-state index in [1.54, 1.807) is 18.4 Å². The van der Waals surface area contributed by atoms with Gasteiger partial charge in [0.25, 0.3) is 0 Å². The van der Waals surface area contributed by atoms with Crippen molar-refractivity contribution in [2.75, 3.05) is 38.2 Å². The summed E-state index contributed by atoms with van der Waals surface area (Å²) in [5.41, 5.74) is 2.30. The van der Waals surface area contributed by atoms with Crippen LogP contribution in [0, 0.1) is 0 Å². The fraction of sp³-hybridized carbons (Fsp3) is 0.353. The van der Waals surface area contributed by atoms with Gasteiger partial charge >= 0.3 is 0 Å². The van der Waals surface area contributed by atoms with E-state index >= 15 is 0 Å². The van der Waals surface area contributed by atoms with Gasteiger partial charge in [0.2, 0.25) is 5.91 Å². The van der Waals surface area contributed by atoms with Gasteiger partial charge in [0.1, 0.15) is 5.75 Å². The molecule has 2 aromatic rings. The van der Waals surface area contributed by atoms with E-state index in [9.17, 15) is 4.79 Å². The molecule has 0 N–H and O–H groups in total. The number of rotatable bonds is 4. The summed E-state index contributed by atoms with van der Waals surface area (Å²) in [6.07, 6.45) is 0.520. The van der Waals surface area contributed by atoms with E-state index in [1.807, 2.05) is 33.9 Å². The third-order valence-electron chi connectivity index (χ3n) is 4.01. The summed E-state index contributed by atoms with van der Waals surface area (Å²) in [7, 11) is 1.67. The Bertz CT molecular complexity index is 602. The van der Waals surface area contributed by atoms with Crippen LogP contribution in [-0.2, 0) is 11.2 Å². The molecule has 1 aliphatic rings. The standard InChI is InChI=1S/C17H20N2O2S/c1-21-16-4-2-15(3-5-16)18-7-9-19(10-8-18)17(20)12-14-6-11-22-13-14/h2-6,11,13H,7-10,12H2,1H3. The number of hydrogen-bond acceptors (Lipinski definition) is 4. The molecular weight excluding hydrogens is 296 g/mol. The first-order valence-electron chi connectivity index (χ1n) is 7.44. The summed E-state index contributed by atoms with van der Waals surface area (Å²) >= 11 is 1.64. The summed E-state index contributed by atoms with van der Waals surface area (Å²) in [6, 6.07) is 10.1. The third kappa shape index (κ3) is 3.42. The highest BCUT2D eigenvalue weighted by Gasteiger charge is 2.21. The Hall–Kier alpha value is -2.01. The second kappa shape index (κ2) is 6.83. The molecule has 0 unspecified atom stereocenters. The van der Waals surface area contributed by atoms with E-state index in [4.69, 9.17) is 4.74 Å². The van der Waals surface area contributed by atoms with Gasteiger partial charge in [0.15, 0.2) is 0 Å². The second-order valence-corrected chi connectivity index (χ2v) is 6.15. The molecule has 1 fully saturated rings. The van der Waals surface area contributed by atoms with E-state index in [0.717, 1.165) is 37.5 Å². The largest absolute Gasteiger partial charge is 0.497 e. The number of ether oxygens (including phenoxy) is 1. The Morgan fingerprint density at radius 3 is 2.45 bits per heavy atom. The van der Waals surface area contributed by atoms with Crippen LogP contribution < -0.4 is 9.64 Å². The van der Waals surface area contributed by atoms with Gasteiger partial charge in [0, 0.05) is 31.9 Å². The lowest BCUT2D eigenvalue weighted by molar-refractivity contribution is -0.130. The van der Waals surface area contributed by atoms with Crippen molar-refractivity contribution < 1.29 is 9.53 Å². The fourth-order valence-electron chi connectivity index (χ4n) is 2.69. The number of thiophene rings is 1. The number of carbonyl (C=O) groups is 1. The van der Waals surface area contributed by atoms with E-state index < -0.39 is 0 Å². The van der Waals surface area contributed by atoms with Crippen LogP contribution in [0.3, 0.4) is 0 Å². The highest BCUT2D eigenvalue weighted by atomic mass is 32.1. The van der Waals surface area contributed by atoms with Crippen molar-refractivity contribution in [3.8, 4) is 5.75 Å². The Labute approximate surface area is 134 Å². The Morgan fingerprint density at radius 2 is 1.86 bits per heavy atom. The van der Waals surface area contributed by atoms with E-state index in [0.29, 0.717) is 6.42 Å². The molecule has 1 aliphatic heterocycles. The lowest BCUT2D eigenvalue weighted by Gasteiger charge is -2.36. The lowest BCUT2D eigenvalue weighted by Crippen LogP contribution is -2.49. The number of piperazine rings is 1. The minimum Gasteiger partial charge on any atom is -0.497 e. The SMILES string of the molecule is COc1ccc(N2CCN(C(=O)Cc3ccsc3)CC2)cc1. The van der Waals surface area contributed by atoms with Crippen molar-refractivity contribution in [1.82, 2.24) is 4.90 Å². The summed E-state index contributed by atoms with van der Waals surface area (Å²) in [6.45, 7) is 3.33. The van der Waals surface area contributed by atoms with Crippen molar-refractivity contribution in [1.29, 1.82) is 0 Å². The molecule has 0 aliphatic carbocycles. The first kappa shape index (κ1) is 14.9. The molecule has 1 saturated heterocycles. The number of methoxy groups -OCH3 is 1. The summed E-state index contributed by atoms with van der Waals surface area (Å²) < 4.78 is 5.18. The van der Waals surface area contributed by atoms with Gasteiger partial charge in [-0.25, -0.2) is 0 Å². The van der Waals surface area contributed by atoms with Crippen LogP contribution in [0.15, 0.2) is 41.1 Å². The number of hydrogen-bond donors (Lipinski definition) is 0. The highest BCUT2D eigenvalue weighted by Crippen LogP contribution is 2.20. The molecule has 116 valence electrons. The van der Waals surface area contributed by atoms with Crippen LogP contribution in [0.5, 0.6) is 5.75 Å². The van der Waals surface area contributed by atoms with Crippen molar-refractivity contribution in [3.63, 3.8) is 0 Å². The summed E-state index contributed by atoms with van der Waals surface area (Å²) in [4.78, 5) is 16.6. The van der Waals surface area contributed by atoms with Crippen molar-refractivity contribution >= 4 is 22.9 Å². The quantitative estimate of drug-likeness (QED) is 0.869. The van der Waals surface area contributed by atoms with Gasteiger partial charge in [-0.15, -0.1) is 0 Å². The lowest BCUT2D eigenvalue weighted by atomic mass is 10.2. The van der Waals surface area contributed by atoms with Gasteiger partial charge in [-0.3, -0.25) is 4.79 Å². The Kier molecular flexibility index (Phi) is 4.63. The van der Waals surface area contributed by atoms with Crippen LogP contribution in [-0.4, -0.2) is 44.1 Å². The maximum atomic E-state index is 12.3. The second-order valence-electron chi connectivity index (χ2n) is 5.37. The average molecular weight is 316 g/mol. The molecular formula is C17H20N2O2S. The zero-order chi connectivity index (χ0) is 15.4. The van der Waals surface area contributed by atoms with Crippen molar-refractivity contribution in [2.45, 2.75) is 6.42 Å². The molecule has 1 aromatic heterocycles. The average Bonchev–Trinajstić information content (AvgIpc) is 3.08. The van der Waals surface area contributed by atoms with E-state index in [-0.39, 0.29) is 5.91 Å². The summed E-state index contributed by atoms with van der Waals surface area (Å²) in [5, 5.41) is 4.07. The van der Waals surface area contributed by atoms with Gasteiger partial charge < -0.3 is 14.5 Å². The zero-order valence-corrected chi connectivity index (χ0v) is 13.5. The van der Waals surface area contributed by atoms with Gasteiger partial charge in [-0.1, -0.05) is 0 Å². The maximum absolute atomic E-state index is 12.3. The molecule has 0 atom stereocenters. The van der Waals surface area contributed by atoms with E-state index in [1.165, 1.54) is 5.69 Å². The molecule has 3 rings (SSSR count). The smallest absolute Gasteiger partial charge is 0.227 e.